The van der Waals surface area contributed by atoms with E-state index in [1.165, 1.54) is 18.9 Å². The van der Waals surface area contributed by atoms with Gasteiger partial charge in [-0.2, -0.15) is 0 Å². The van der Waals surface area contributed by atoms with Gasteiger partial charge in [0.25, 0.3) is 5.91 Å². The molecule has 1 aliphatic rings. The van der Waals surface area contributed by atoms with Crippen molar-refractivity contribution in [1.82, 2.24) is 5.32 Å². The number of aliphatic imine (C=N–C) groups is 1. The van der Waals surface area contributed by atoms with Gasteiger partial charge in [-0.15, -0.1) is 0 Å². The Morgan fingerprint density at radius 1 is 1.21 bits per heavy atom. The van der Waals surface area contributed by atoms with Crippen molar-refractivity contribution in [2.75, 3.05) is 7.11 Å². The molecule has 7 heteroatoms. The number of nitrogens with one attached hydrogen (secondary N) is 1. The van der Waals surface area contributed by atoms with Gasteiger partial charge >= 0.3 is 0 Å². The van der Waals surface area contributed by atoms with E-state index >= 15 is 0 Å². The first-order valence-electron chi connectivity index (χ1n) is 6.94. The monoisotopic (exact) mass is 378 g/mol. The summed E-state index contributed by atoms with van der Waals surface area (Å²) in [5, 5.41) is 4.11. The molecule has 1 aliphatic heterocycles. The second-order valence-electron chi connectivity index (χ2n) is 4.83. The van der Waals surface area contributed by atoms with Gasteiger partial charge in [0.15, 0.2) is 5.17 Å². The Bertz CT molecular complexity index is 851. The summed E-state index contributed by atoms with van der Waals surface area (Å²) in [5.74, 6) is 0.239. The molecule has 2 aromatic rings. The van der Waals surface area contributed by atoms with Gasteiger partial charge in [0, 0.05) is 10.6 Å². The Morgan fingerprint density at radius 3 is 2.67 bits per heavy atom. The Hall–Kier alpha value is -1.95. The van der Waals surface area contributed by atoms with Crippen molar-refractivity contribution in [3.63, 3.8) is 0 Å². The van der Waals surface area contributed by atoms with E-state index in [9.17, 15) is 4.79 Å². The molecule has 0 bridgehead atoms. The lowest BCUT2D eigenvalue weighted by molar-refractivity contribution is -0.115. The molecule has 0 aromatic heterocycles. The number of rotatable bonds is 3. The molecule has 3 rings (SSSR count). The average molecular weight is 379 g/mol. The van der Waals surface area contributed by atoms with Gasteiger partial charge in [0.05, 0.1) is 22.7 Å². The summed E-state index contributed by atoms with van der Waals surface area (Å²) in [7, 11) is 1.52. The predicted octanol–water partition coefficient (Wildman–Crippen LogP) is 4.89. The second kappa shape index (κ2) is 7.30. The maximum Gasteiger partial charge on any atom is 0.264 e. The van der Waals surface area contributed by atoms with E-state index < -0.39 is 0 Å². The van der Waals surface area contributed by atoms with E-state index in [0.717, 1.165) is 5.69 Å². The van der Waals surface area contributed by atoms with Crippen LogP contribution in [0, 0.1) is 0 Å². The third kappa shape index (κ3) is 3.75. The average Bonchev–Trinajstić information content (AvgIpc) is 2.87. The Morgan fingerprint density at radius 2 is 1.96 bits per heavy atom. The Labute approximate surface area is 153 Å². The third-order valence-corrected chi connectivity index (χ3v) is 4.57. The molecular weight excluding hydrogens is 367 g/mol. The first-order valence-corrected chi connectivity index (χ1v) is 8.52. The van der Waals surface area contributed by atoms with Crippen LogP contribution >= 0.6 is 35.0 Å². The molecule has 122 valence electrons. The maximum atomic E-state index is 12.2. The standard InChI is InChI=1S/C17H12Cl2N2O2S/c1-23-15-10(7-11(18)9-13(15)19)8-14-16(22)21-17(24-14)20-12-5-3-2-4-6-12/h2-9H,1H3,(H,20,21,22)/b14-8+. The maximum absolute atomic E-state index is 12.2. The predicted molar refractivity (Wildman–Crippen MR) is 100 cm³/mol. The molecule has 0 atom stereocenters. The Kier molecular flexibility index (Phi) is 5.14. The number of carbonyl (C=O) groups is 1. The van der Waals surface area contributed by atoms with Crippen LogP contribution in [0.15, 0.2) is 52.4 Å². The molecule has 0 radical (unpaired) electrons. The van der Waals surface area contributed by atoms with E-state index in [1.807, 2.05) is 30.3 Å². The van der Waals surface area contributed by atoms with Crippen molar-refractivity contribution in [1.29, 1.82) is 0 Å². The second-order valence-corrected chi connectivity index (χ2v) is 6.70. The van der Waals surface area contributed by atoms with Gasteiger partial charge in [-0.3, -0.25) is 4.79 Å². The molecule has 1 fully saturated rings. The van der Waals surface area contributed by atoms with E-state index in [1.54, 1.807) is 18.2 Å². The number of ether oxygens (including phenoxy) is 1. The number of para-hydroxylation sites is 1. The van der Waals surface area contributed by atoms with E-state index in [4.69, 9.17) is 27.9 Å². The zero-order valence-corrected chi connectivity index (χ0v) is 14.9. The smallest absolute Gasteiger partial charge is 0.264 e. The van der Waals surface area contributed by atoms with Crippen LogP contribution in [0.2, 0.25) is 10.0 Å². The fourth-order valence-electron chi connectivity index (χ4n) is 2.14. The number of carbonyl (C=O) groups excluding carboxylic acids is 1. The topological polar surface area (TPSA) is 50.7 Å². The van der Waals surface area contributed by atoms with Crippen LogP contribution in [0.4, 0.5) is 5.69 Å². The quantitative estimate of drug-likeness (QED) is 0.773. The van der Waals surface area contributed by atoms with Gasteiger partial charge in [-0.1, -0.05) is 41.4 Å². The van der Waals surface area contributed by atoms with Crippen molar-refractivity contribution < 1.29 is 9.53 Å². The number of amides is 1. The van der Waals surface area contributed by atoms with Crippen molar-refractivity contribution >= 4 is 57.8 Å². The number of methoxy groups -OCH3 is 1. The van der Waals surface area contributed by atoms with E-state index in [-0.39, 0.29) is 5.91 Å². The number of thioether (sulfide) groups is 1. The van der Waals surface area contributed by atoms with Crippen LogP contribution in [-0.2, 0) is 4.79 Å². The van der Waals surface area contributed by atoms with Gasteiger partial charge in [0.2, 0.25) is 0 Å². The van der Waals surface area contributed by atoms with Gasteiger partial charge < -0.3 is 10.1 Å². The van der Waals surface area contributed by atoms with E-state index in [2.05, 4.69) is 10.3 Å². The number of hydrogen-bond donors (Lipinski definition) is 1. The molecule has 0 spiro atoms. The number of amidine groups is 1. The summed E-state index contributed by atoms with van der Waals surface area (Å²) in [6.45, 7) is 0. The first kappa shape index (κ1) is 16.9. The van der Waals surface area contributed by atoms with Crippen LogP contribution in [-0.4, -0.2) is 18.2 Å². The lowest BCUT2D eigenvalue weighted by atomic mass is 10.2. The fraction of sp³-hybridized carbons (Fsp3) is 0.0588. The lowest BCUT2D eigenvalue weighted by Crippen LogP contribution is -2.19. The van der Waals surface area contributed by atoms with Crippen LogP contribution < -0.4 is 10.1 Å². The minimum Gasteiger partial charge on any atom is -0.495 e. The van der Waals surface area contributed by atoms with Crippen LogP contribution in [0.1, 0.15) is 5.56 Å². The van der Waals surface area contributed by atoms with E-state index in [0.29, 0.717) is 31.4 Å². The van der Waals surface area contributed by atoms with Crippen LogP contribution in [0.3, 0.4) is 0 Å². The van der Waals surface area contributed by atoms with Crippen LogP contribution in [0.25, 0.3) is 6.08 Å². The zero-order valence-electron chi connectivity index (χ0n) is 12.5. The van der Waals surface area contributed by atoms with Crippen molar-refractivity contribution in [3.05, 3.63) is 63.0 Å². The molecule has 0 unspecified atom stereocenters. The molecular formula is C17H12Cl2N2O2S. The minimum absolute atomic E-state index is 0.229. The van der Waals surface area contributed by atoms with Crippen LogP contribution in [0.5, 0.6) is 5.75 Å². The molecule has 24 heavy (non-hydrogen) atoms. The van der Waals surface area contributed by atoms with Gasteiger partial charge in [-0.25, -0.2) is 4.99 Å². The van der Waals surface area contributed by atoms with Crippen molar-refractivity contribution in [3.8, 4) is 5.75 Å². The lowest BCUT2D eigenvalue weighted by Gasteiger charge is -2.08. The molecule has 0 saturated carbocycles. The SMILES string of the molecule is COc1c(Cl)cc(Cl)cc1/C=C1/SC(=Nc2ccccc2)NC1=O. The molecule has 1 heterocycles. The summed E-state index contributed by atoms with van der Waals surface area (Å²) >= 11 is 13.4. The molecule has 2 aromatic carbocycles. The zero-order chi connectivity index (χ0) is 17.1. The highest BCUT2D eigenvalue weighted by molar-refractivity contribution is 8.18. The van der Waals surface area contributed by atoms with Gasteiger partial charge in [-0.05, 0) is 42.1 Å². The molecule has 1 amide bonds. The summed E-state index contributed by atoms with van der Waals surface area (Å²) in [4.78, 5) is 17.0. The third-order valence-electron chi connectivity index (χ3n) is 3.17. The Balaban J connectivity index is 1.92. The highest BCUT2D eigenvalue weighted by Gasteiger charge is 2.24. The minimum atomic E-state index is -0.229. The number of benzene rings is 2. The molecule has 1 saturated heterocycles. The molecule has 1 N–H and O–H groups in total. The van der Waals surface area contributed by atoms with Crippen molar-refractivity contribution in [2.45, 2.75) is 0 Å². The summed E-state index contributed by atoms with van der Waals surface area (Å²) < 4.78 is 5.29. The highest BCUT2D eigenvalue weighted by Crippen LogP contribution is 2.36. The highest BCUT2D eigenvalue weighted by atomic mass is 35.5. The van der Waals surface area contributed by atoms with Gasteiger partial charge in [0.1, 0.15) is 5.75 Å². The summed E-state index contributed by atoms with van der Waals surface area (Å²) in [5.41, 5.74) is 1.40. The largest absolute Gasteiger partial charge is 0.495 e. The van der Waals surface area contributed by atoms with Crippen molar-refractivity contribution in [2.24, 2.45) is 4.99 Å². The number of nitrogens with zero attached hydrogens (tertiary/aromatic N) is 1. The molecule has 4 nitrogen and oxygen atoms in total. The number of halogens is 2. The summed E-state index contributed by atoms with van der Waals surface area (Å²) in [6.07, 6.45) is 1.68. The fourth-order valence-corrected chi connectivity index (χ4v) is 3.56. The number of hydrogen-bond acceptors (Lipinski definition) is 4. The normalized spacial score (nSPS) is 17.4. The summed E-state index contributed by atoms with van der Waals surface area (Å²) in [6, 6.07) is 12.7. The first-order chi connectivity index (χ1) is 11.6. The molecule has 0 aliphatic carbocycles.